The average molecular weight is 407 g/mol. The molecule has 0 radical (unpaired) electrons. The maximum absolute atomic E-state index is 12.8. The van der Waals surface area contributed by atoms with Crippen LogP contribution in [0, 0.1) is 0 Å². The highest BCUT2D eigenvalue weighted by Crippen LogP contribution is 2.42. The number of hydrogen-bond donors (Lipinski definition) is 0. The van der Waals surface area contributed by atoms with E-state index in [1.54, 1.807) is 4.90 Å². The van der Waals surface area contributed by atoms with Crippen molar-refractivity contribution < 1.29 is 18.5 Å². The smallest absolute Gasteiger partial charge is 0.410 e. The van der Waals surface area contributed by atoms with E-state index < -0.39 is 26.9 Å². The molecule has 1 saturated heterocycles. The second kappa shape index (κ2) is 7.17. The van der Waals surface area contributed by atoms with E-state index in [1.165, 1.54) is 0 Å². The molecule has 1 atom stereocenters. The first-order valence-electron chi connectivity index (χ1n) is 9.69. The van der Waals surface area contributed by atoms with Crippen LogP contribution < -0.4 is 4.74 Å². The van der Waals surface area contributed by atoms with Crippen LogP contribution in [0.2, 0.25) is 0 Å². The maximum atomic E-state index is 12.8. The zero-order valence-electron chi connectivity index (χ0n) is 17.6. The van der Waals surface area contributed by atoms with Crippen molar-refractivity contribution in [3.05, 3.63) is 29.8 Å². The molecule has 2 aliphatic rings. The van der Waals surface area contributed by atoms with Crippen LogP contribution >= 0.6 is 0 Å². The summed E-state index contributed by atoms with van der Waals surface area (Å²) in [6.45, 7) is 12.3. The molecular weight excluding hydrogens is 376 g/mol. The largest absolute Gasteiger partial charge is 0.480 e. The fourth-order valence-electron chi connectivity index (χ4n) is 3.32. The average Bonchev–Trinajstić information content (AvgIpc) is 2.86. The summed E-state index contributed by atoms with van der Waals surface area (Å²) < 4.78 is 28.8. The number of nitrogens with zero attached hydrogens (tertiary/aromatic N) is 2. The number of benzene rings is 1. The van der Waals surface area contributed by atoms with Crippen LogP contribution in [0.25, 0.3) is 0 Å². The Hall–Kier alpha value is -1.89. The SMILES string of the molecule is CC(C)(C)OC(=O)N1CCC2(CC1)Oc1ccccc1/C2=N/[S@](=O)C(C)(C)C. The lowest BCUT2D eigenvalue weighted by molar-refractivity contribution is 0.00608. The summed E-state index contributed by atoms with van der Waals surface area (Å²) in [5.74, 6) is 0.762. The standard InChI is InChI=1S/C21H30N2O4S/c1-19(2,3)27-18(24)23-13-11-21(12-14-23)17(22-28(25)20(4,5)6)15-9-7-8-10-16(15)26-21/h7-10H,11-14H2,1-6H3/b22-17-/t28-/m1/s1. The molecule has 1 spiro atoms. The van der Waals surface area contributed by atoms with E-state index >= 15 is 0 Å². The third-order valence-corrected chi connectivity index (χ3v) is 6.20. The summed E-state index contributed by atoms with van der Waals surface area (Å²) in [7, 11) is -1.39. The Bertz CT molecular complexity index is 812. The van der Waals surface area contributed by atoms with Gasteiger partial charge in [-0.2, -0.15) is 4.40 Å². The Morgan fingerprint density at radius 2 is 1.75 bits per heavy atom. The molecule has 0 N–H and O–H groups in total. The molecule has 1 amide bonds. The van der Waals surface area contributed by atoms with Gasteiger partial charge in [0, 0.05) is 31.5 Å². The molecule has 2 aliphatic heterocycles. The van der Waals surface area contributed by atoms with Gasteiger partial charge in [-0.05, 0) is 53.7 Å². The molecule has 0 aliphatic carbocycles. The van der Waals surface area contributed by atoms with Gasteiger partial charge in [-0.3, -0.25) is 0 Å². The van der Waals surface area contributed by atoms with Crippen molar-refractivity contribution in [2.24, 2.45) is 4.40 Å². The molecule has 0 saturated carbocycles. The summed E-state index contributed by atoms with van der Waals surface area (Å²) >= 11 is 0. The van der Waals surface area contributed by atoms with E-state index in [2.05, 4.69) is 4.40 Å². The van der Waals surface area contributed by atoms with Gasteiger partial charge in [0.1, 0.15) is 28.0 Å². The number of fused-ring (bicyclic) bond motifs is 1. The zero-order chi connectivity index (χ0) is 20.7. The van der Waals surface area contributed by atoms with Crippen LogP contribution in [0.1, 0.15) is 59.9 Å². The molecule has 3 rings (SSSR count). The Labute approximate surface area is 169 Å². The summed E-state index contributed by atoms with van der Waals surface area (Å²) in [6, 6.07) is 7.74. The normalized spacial score (nSPS) is 21.4. The second-order valence-electron chi connectivity index (χ2n) is 9.36. The van der Waals surface area contributed by atoms with E-state index in [0.717, 1.165) is 17.0 Å². The minimum Gasteiger partial charge on any atom is -0.480 e. The van der Waals surface area contributed by atoms with Crippen LogP contribution in [0.3, 0.4) is 0 Å². The fourth-order valence-corrected chi connectivity index (χ4v) is 4.03. The van der Waals surface area contributed by atoms with Gasteiger partial charge in [0.05, 0.1) is 4.75 Å². The zero-order valence-corrected chi connectivity index (χ0v) is 18.4. The molecule has 28 heavy (non-hydrogen) atoms. The van der Waals surface area contributed by atoms with Crippen LogP contribution in [-0.2, 0) is 15.7 Å². The van der Waals surface area contributed by atoms with Gasteiger partial charge < -0.3 is 14.4 Å². The summed E-state index contributed by atoms with van der Waals surface area (Å²) in [6.07, 6.45) is 0.858. The first-order chi connectivity index (χ1) is 12.9. The highest BCUT2D eigenvalue weighted by molar-refractivity contribution is 7.85. The summed E-state index contributed by atoms with van der Waals surface area (Å²) in [5.41, 5.74) is 0.456. The van der Waals surface area contributed by atoms with Gasteiger partial charge in [0.25, 0.3) is 0 Å². The lowest BCUT2D eigenvalue weighted by Gasteiger charge is -2.39. The summed E-state index contributed by atoms with van der Waals surface area (Å²) in [5, 5.41) is 0. The van der Waals surface area contributed by atoms with Crippen LogP contribution in [-0.4, -0.2) is 50.0 Å². The number of amides is 1. The van der Waals surface area contributed by atoms with Crippen molar-refractivity contribution in [2.75, 3.05) is 13.1 Å². The molecular formula is C21H30N2O4S. The minimum atomic E-state index is -1.39. The lowest BCUT2D eigenvalue weighted by atomic mass is 9.85. The van der Waals surface area contributed by atoms with Gasteiger partial charge in [-0.15, -0.1) is 0 Å². The van der Waals surface area contributed by atoms with Crippen LogP contribution in [0.4, 0.5) is 4.79 Å². The summed E-state index contributed by atoms with van der Waals surface area (Å²) in [4.78, 5) is 14.1. The quantitative estimate of drug-likeness (QED) is 0.704. The Morgan fingerprint density at radius 1 is 1.14 bits per heavy atom. The molecule has 6 nitrogen and oxygen atoms in total. The van der Waals surface area contributed by atoms with Crippen molar-refractivity contribution in [1.82, 2.24) is 4.90 Å². The van der Waals surface area contributed by atoms with E-state index in [1.807, 2.05) is 65.8 Å². The van der Waals surface area contributed by atoms with Gasteiger partial charge in [-0.25, -0.2) is 9.00 Å². The van der Waals surface area contributed by atoms with E-state index in [0.29, 0.717) is 25.9 Å². The number of likely N-dealkylation sites (tertiary alicyclic amines) is 1. The molecule has 2 heterocycles. The third kappa shape index (κ3) is 4.24. The Morgan fingerprint density at radius 3 is 2.32 bits per heavy atom. The van der Waals surface area contributed by atoms with Crippen LogP contribution in [0.5, 0.6) is 5.75 Å². The molecule has 154 valence electrons. The Balaban J connectivity index is 1.86. The van der Waals surface area contributed by atoms with Crippen molar-refractivity contribution >= 4 is 22.8 Å². The molecule has 0 bridgehead atoms. The minimum absolute atomic E-state index is 0.311. The topological polar surface area (TPSA) is 68.2 Å². The number of ether oxygens (including phenoxy) is 2. The number of rotatable bonds is 1. The van der Waals surface area contributed by atoms with Crippen LogP contribution in [0.15, 0.2) is 28.7 Å². The first-order valence-corrected chi connectivity index (χ1v) is 10.8. The molecule has 0 unspecified atom stereocenters. The third-order valence-electron chi connectivity index (χ3n) is 4.80. The predicted molar refractivity (Wildman–Crippen MR) is 111 cm³/mol. The van der Waals surface area contributed by atoms with E-state index in [4.69, 9.17) is 9.47 Å². The number of hydrogen-bond acceptors (Lipinski definition) is 4. The molecule has 1 aromatic rings. The second-order valence-corrected chi connectivity index (χ2v) is 11.3. The van der Waals surface area contributed by atoms with E-state index in [-0.39, 0.29) is 6.09 Å². The predicted octanol–water partition coefficient (Wildman–Crippen LogP) is 4.10. The molecule has 0 aromatic heterocycles. The van der Waals surface area contributed by atoms with Crippen molar-refractivity contribution in [3.8, 4) is 5.75 Å². The number of piperidine rings is 1. The van der Waals surface area contributed by atoms with E-state index in [9.17, 15) is 9.00 Å². The molecule has 7 heteroatoms. The Kier molecular flexibility index (Phi) is 5.34. The van der Waals surface area contributed by atoms with Gasteiger partial charge in [-0.1, -0.05) is 12.1 Å². The number of para-hydroxylation sites is 1. The maximum Gasteiger partial charge on any atom is 0.410 e. The lowest BCUT2D eigenvalue weighted by Crippen LogP contribution is -2.53. The number of carbonyl (C=O) groups is 1. The monoisotopic (exact) mass is 406 g/mol. The van der Waals surface area contributed by atoms with Gasteiger partial charge in [0.15, 0.2) is 5.60 Å². The molecule has 1 fully saturated rings. The van der Waals surface area contributed by atoms with Crippen molar-refractivity contribution in [1.29, 1.82) is 0 Å². The fraction of sp³-hybridized carbons (Fsp3) is 0.619. The highest BCUT2D eigenvalue weighted by Gasteiger charge is 2.49. The highest BCUT2D eigenvalue weighted by atomic mass is 32.2. The first kappa shape index (κ1) is 20.8. The molecule has 1 aromatic carbocycles. The number of carbonyl (C=O) groups excluding carboxylic acids is 1. The van der Waals surface area contributed by atoms with Gasteiger partial charge >= 0.3 is 6.09 Å². The van der Waals surface area contributed by atoms with Crippen molar-refractivity contribution in [2.45, 2.75) is 70.3 Å². The van der Waals surface area contributed by atoms with Gasteiger partial charge in [0.2, 0.25) is 0 Å². The van der Waals surface area contributed by atoms with Crippen molar-refractivity contribution in [3.63, 3.8) is 0 Å².